The number of nitrogens with one attached hydrogen (secondary N) is 1. The van der Waals surface area contributed by atoms with Crippen LogP contribution in [0.2, 0.25) is 0 Å². The predicted octanol–water partition coefficient (Wildman–Crippen LogP) is 3.41. The monoisotopic (exact) mass is 218 g/mol. The third-order valence-electron chi connectivity index (χ3n) is 2.47. The molecule has 0 fully saturated rings. The van der Waals surface area contributed by atoms with Crippen molar-refractivity contribution in [2.24, 2.45) is 0 Å². The molecule has 0 aliphatic carbocycles. The minimum atomic E-state index is 0.762. The molecule has 0 bridgehead atoms. The van der Waals surface area contributed by atoms with Gasteiger partial charge in [-0.2, -0.15) is 0 Å². The SMILES string of the molecule is CCc1c[nH]c(=S)n1-c1cccc(C)c1. The minimum Gasteiger partial charge on any atom is -0.337 e. The lowest BCUT2D eigenvalue weighted by molar-refractivity contribution is 0.921. The van der Waals surface area contributed by atoms with Crippen LogP contribution in [0.15, 0.2) is 30.5 Å². The summed E-state index contributed by atoms with van der Waals surface area (Å²) in [6.45, 7) is 4.22. The number of rotatable bonds is 2. The van der Waals surface area contributed by atoms with Crippen LogP contribution in [0.1, 0.15) is 18.2 Å². The normalized spacial score (nSPS) is 10.5. The first-order valence-electron chi connectivity index (χ1n) is 5.08. The molecule has 1 N–H and O–H groups in total. The third kappa shape index (κ3) is 1.88. The summed E-state index contributed by atoms with van der Waals surface area (Å²) in [4.78, 5) is 3.08. The highest BCUT2D eigenvalue weighted by molar-refractivity contribution is 7.71. The van der Waals surface area contributed by atoms with E-state index in [2.05, 4.69) is 47.7 Å². The van der Waals surface area contributed by atoms with E-state index in [1.165, 1.54) is 11.3 Å². The van der Waals surface area contributed by atoms with Crippen LogP contribution in [0.3, 0.4) is 0 Å². The number of benzene rings is 1. The molecule has 0 aliphatic heterocycles. The second kappa shape index (κ2) is 4.03. The zero-order valence-electron chi connectivity index (χ0n) is 8.95. The molecule has 0 saturated heterocycles. The molecular formula is C12H14N2S. The number of hydrogen-bond acceptors (Lipinski definition) is 1. The van der Waals surface area contributed by atoms with Gasteiger partial charge in [-0.25, -0.2) is 0 Å². The Morgan fingerprint density at radius 3 is 2.87 bits per heavy atom. The van der Waals surface area contributed by atoms with Crippen molar-refractivity contribution in [2.45, 2.75) is 20.3 Å². The summed E-state index contributed by atoms with van der Waals surface area (Å²) in [5, 5.41) is 0. The Hall–Kier alpha value is -1.35. The van der Waals surface area contributed by atoms with E-state index >= 15 is 0 Å². The second-order valence-electron chi connectivity index (χ2n) is 3.61. The van der Waals surface area contributed by atoms with Gasteiger partial charge >= 0.3 is 0 Å². The molecule has 0 spiro atoms. The molecule has 0 radical (unpaired) electrons. The molecule has 0 aliphatic rings. The van der Waals surface area contributed by atoms with Crippen molar-refractivity contribution in [1.29, 1.82) is 0 Å². The van der Waals surface area contributed by atoms with Gasteiger partial charge in [-0.15, -0.1) is 0 Å². The quantitative estimate of drug-likeness (QED) is 0.766. The first-order chi connectivity index (χ1) is 7.22. The third-order valence-corrected chi connectivity index (χ3v) is 2.78. The molecule has 0 atom stereocenters. The van der Waals surface area contributed by atoms with E-state index in [4.69, 9.17) is 12.2 Å². The average Bonchev–Trinajstić information content (AvgIpc) is 2.59. The molecule has 1 heterocycles. The van der Waals surface area contributed by atoms with Crippen LogP contribution in [0.25, 0.3) is 5.69 Å². The number of nitrogens with zero attached hydrogens (tertiary/aromatic N) is 1. The van der Waals surface area contributed by atoms with E-state index in [0.29, 0.717) is 0 Å². The van der Waals surface area contributed by atoms with Crippen molar-refractivity contribution in [3.8, 4) is 5.69 Å². The Labute approximate surface area is 94.6 Å². The van der Waals surface area contributed by atoms with E-state index in [1.54, 1.807) is 0 Å². The van der Waals surface area contributed by atoms with Gasteiger partial charge in [0.05, 0.1) is 0 Å². The molecule has 78 valence electrons. The fraction of sp³-hybridized carbons (Fsp3) is 0.250. The number of hydrogen-bond donors (Lipinski definition) is 1. The zero-order valence-corrected chi connectivity index (χ0v) is 9.77. The lowest BCUT2D eigenvalue weighted by Crippen LogP contribution is -1.99. The Morgan fingerprint density at radius 1 is 1.40 bits per heavy atom. The minimum absolute atomic E-state index is 0.762. The van der Waals surface area contributed by atoms with E-state index < -0.39 is 0 Å². The van der Waals surface area contributed by atoms with Gasteiger partial charge in [0.1, 0.15) is 0 Å². The topological polar surface area (TPSA) is 20.7 Å². The summed E-state index contributed by atoms with van der Waals surface area (Å²) in [5.74, 6) is 0. The van der Waals surface area contributed by atoms with Gasteiger partial charge < -0.3 is 4.98 Å². The van der Waals surface area contributed by atoms with Gasteiger partial charge in [-0.1, -0.05) is 19.1 Å². The van der Waals surface area contributed by atoms with Crippen LogP contribution in [0.4, 0.5) is 0 Å². The Morgan fingerprint density at radius 2 is 2.20 bits per heavy atom. The average molecular weight is 218 g/mol. The van der Waals surface area contributed by atoms with Crippen LogP contribution in [0.5, 0.6) is 0 Å². The molecule has 2 aromatic rings. The van der Waals surface area contributed by atoms with Crippen molar-refractivity contribution >= 4 is 12.2 Å². The number of imidazole rings is 1. The van der Waals surface area contributed by atoms with Gasteiger partial charge in [0.25, 0.3) is 0 Å². The number of aromatic amines is 1. The lowest BCUT2D eigenvalue weighted by Gasteiger charge is -2.07. The molecular weight excluding hydrogens is 204 g/mol. The number of aryl methyl sites for hydroxylation is 2. The molecule has 15 heavy (non-hydrogen) atoms. The number of H-pyrrole nitrogens is 1. The van der Waals surface area contributed by atoms with Gasteiger partial charge in [0.2, 0.25) is 0 Å². The summed E-state index contributed by atoms with van der Waals surface area (Å²) in [7, 11) is 0. The van der Waals surface area contributed by atoms with Gasteiger partial charge in [-0.3, -0.25) is 4.57 Å². The molecule has 0 amide bonds. The van der Waals surface area contributed by atoms with E-state index in [9.17, 15) is 0 Å². The van der Waals surface area contributed by atoms with Crippen LogP contribution < -0.4 is 0 Å². The maximum atomic E-state index is 5.27. The van der Waals surface area contributed by atoms with E-state index in [1.807, 2.05) is 6.20 Å². The summed E-state index contributed by atoms with van der Waals surface area (Å²) in [6, 6.07) is 8.36. The van der Waals surface area contributed by atoms with Gasteiger partial charge in [0, 0.05) is 17.6 Å². The molecule has 2 rings (SSSR count). The molecule has 1 aromatic heterocycles. The number of aromatic nitrogens is 2. The summed E-state index contributed by atoms with van der Waals surface area (Å²) in [6.07, 6.45) is 2.95. The van der Waals surface area contributed by atoms with Gasteiger partial charge in [-0.05, 0) is 43.3 Å². The van der Waals surface area contributed by atoms with E-state index in [-0.39, 0.29) is 0 Å². The maximum absolute atomic E-state index is 5.27. The standard InChI is InChI=1S/C12H14N2S/c1-3-10-8-13-12(15)14(10)11-6-4-5-9(2)7-11/h4-8H,3H2,1-2H3,(H,13,15). The van der Waals surface area contributed by atoms with Crippen LogP contribution in [-0.4, -0.2) is 9.55 Å². The molecule has 1 aromatic carbocycles. The van der Waals surface area contributed by atoms with Crippen molar-refractivity contribution < 1.29 is 0 Å². The van der Waals surface area contributed by atoms with Crippen LogP contribution in [0, 0.1) is 11.7 Å². The highest BCUT2D eigenvalue weighted by atomic mass is 32.1. The fourth-order valence-corrected chi connectivity index (χ4v) is 2.00. The molecule has 0 unspecified atom stereocenters. The zero-order chi connectivity index (χ0) is 10.8. The molecule has 0 saturated carbocycles. The molecule has 2 nitrogen and oxygen atoms in total. The molecule has 3 heteroatoms. The van der Waals surface area contributed by atoms with Crippen molar-refractivity contribution in [1.82, 2.24) is 9.55 Å². The summed E-state index contributed by atoms with van der Waals surface area (Å²) in [5.41, 5.74) is 3.60. The van der Waals surface area contributed by atoms with Gasteiger partial charge in [0.15, 0.2) is 4.77 Å². The van der Waals surface area contributed by atoms with Crippen molar-refractivity contribution in [3.05, 3.63) is 46.5 Å². The summed E-state index contributed by atoms with van der Waals surface area (Å²) >= 11 is 5.27. The van der Waals surface area contributed by atoms with Crippen LogP contribution >= 0.6 is 12.2 Å². The maximum Gasteiger partial charge on any atom is 0.182 e. The van der Waals surface area contributed by atoms with Crippen molar-refractivity contribution in [3.63, 3.8) is 0 Å². The van der Waals surface area contributed by atoms with E-state index in [0.717, 1.165) is 16.9 Å². The highest BCUT2D eigenvalue weighted by Gasteiger charge is 2.03. The highest BCUT2D eigenvalue weighted by Crippen LogP contribution is 2.14. The lowest BCUT2D eigenvalue weighted by atomic mass is 10.2. The largest absolute Gasteiger partial charge is 0.337 e. The first kappa shape index (κ1) is 10.2. The second-order valence-corrected chi connectivity index (χ2v) is 4.00. The Kier molecular flexibility index (Phi) is 2.73. The fourth-order valence-electron chi connectivity index (χ4n) is 1.71. The smallest absolute Gasteiger partial charge is 0.182 e. The Bertz CT molecular complexity index is 522. The Balaban J connectivity index is 2.62. The summed E-state index contributed by atoms with van der Waals surface area (Å²) < 4.78 is 2.85. The first-order valence-corrected chi connectivity index (χ1v) is 5.49. The van der Waals surface area contributed by atoms with Crippen molar-refractivity contribution in [2.75, 3.05) is 0 Å². The predicted molar refractivity (Wildman–Crippen MR) is 65.1 cm³/mol. The van der Waals surface area contributed by atoms with Crippen LogP contribution in [-0.2, 0) is 6.42 Å².